The second kappa shape index (κ2) is 4.09. The number of hydrogen-bond donors (Lipinski definition) is 0. The summed E-state index contributed by atoms with van der Waals surface area (Å²) in [6.07, 6.45) is 0. The monoisotopic (exact) mass is 236 g/mol. The number of hydrogen-bond acceptors (Lipinski definition) is 4. The fourth-order valence-electron chi connectivity index (χ4n) is 1.44. The van der Waals surface area contributed by atoms with Crippen LogP contribution >= 0.6 is 11.5 Å². The van der Waals surface area contributed by atoms with Crippen LogP contribution in [0.4, 0.5) is 4.39 Å². The van der Waals surface area contributed by atoms with Crippen molar-refractivity contribution in [1.82, 2.24) is 9.59 Å². The van der Waals surface area contributed by atoms with Crippen LogP contribution in [0.3, 0.4) is 0 Å². The molecule has 0 saturated carbocycles. The third-order valence-electron chi connectivity index (χ3n) is 2.29. The molecule has 0 atom stereocenters. The Morgan fingerprint density at radius 2 is 2.12 bits per heavy atom. The number of ketones is 1. The first-order chi connectivity index (χ1) is 7.59. The number of carbonyl (C=O) groups is 1. The highest BCUT2D eigenvalue weighted by Gasteiger charge is 2.17. The molecule has 2 rings (SSSR count). The molecule has 0 unspecified atom stereocenters. The van der Waals surface area contributed by atoms with Gasteiger partial charge in [0.25, 0.3) is 0 Å². The maximum atomic E-state index is 12.9. The number of halogens is 1. The number of carbonyl (C=O) groups excluding carboxylic acids is 1. The van der Waals surface area contributed by atoms with Crippen molar-refractivity contribution in [3.8, 4) is 0 Å². The van der Waals surface area contributed by atoms with Crippen molar-refractivity contribution < 1.29 is 9.18 Å². The number of benzene rings is 1. The van der Waals surface area contributed by atoms with Crippen LogP contribution in [-0.2, 0) is 0 Å². The van der Waals surface area contributed by atoms with Gasteiger partial charge in [0.2, 0.25) is 5.78 Å². The summed E-state index contributed by atoms with van der Waals surface area (Å²) >= 11 is 1.06. The average Bonchev–Trinajstić information content (AvgIpc) is 2.63. The third-order valence-corrected chi connectivity index (χ3v) is 3.12. The zero-order valence-electron chi connectivity index (χ0n) is 8.82. The van der Waals surface area contributed by atoms with Gasteiger partial charge in [0, 0.05) is 5.56 Å². The lowest BCUT2D eigenvalue weighted by atomic mass is 10.0. The van der Waals surface area contributed by atoms with Gasteiger partial charge >= 0.3 is 0 Å². The van der Waals surface area contributed by atoms with Crippen molar-refractivity contribution in [2.24, 2.45) is 0 Å². The lowest BCUT2D eigenvalue weighted by Crippen LogP contribution is -2.03. The van der Waals surface area contributed by atoms with Gasteiger partial charge in [-0.1, -0.05) is 4.49 Å². The van der Waals surface area contributed by atoms with Crippen molar-refractivity contribution in [2.75, 3.05) is 0 Å². The summed E-state index contributed by atoms with van der Waals surface area (Å²) in [5, 5.41) is 3.78. The van der Waals surface area contributed by atoms with E-state index < -0.39 is 0 Å². The lowest BCUT2D eigenvalue weighted by Gasteiger charge is -2.02. The zero-order chi connectivity index (χ0) is 11.7. The predicted molar refractivity (Wildman–Crippen MR) is 59.2 cm³/mol. The van der Waals surface area contributed by atoms with Gasteiger partial charge in [0.15, 0.2) is 0 Å². The van der Waals surface area contributed by atoms with Gasteiger partial charge in [-0.3, -0.25) is 4.79 Å². The van der Waals surface area contributed by atoms with Crippen molar-refractivity contribution >= 4 is 17.3 Å². The molecule has 3 nitrogen and oxygen atoms in total. The van der Waals surface area contributed by atoms with Crippen LogP contribution in [0.5, 0.6) is 0 Å². The molecule has 1 aromatic carbocycles. The Hall–Kier alpha value is -1.62. The largest absolute Gasteiger partial charge is 0.288 e. The van der Waals surface area contributed by atoms with Crippen molar-refractivity contribution in [1.29, 1.82) is 0 Å². The molecule has 82 valence electrons. The summed E-state index contributed by atoms with van der Waals surface area (Å²) in [6.45, 7) is 3.44. The minimum Gasteiger partial charge on any atom is -0.288 e. The molecule has 16 heavy (non-hydrogen) atoms. The molecule has 1 aromatic heterocycles. The Morgan fingerprint density at radius 3 is 2.69 bits per heavy atom. The minimum absolute atomic E-state index is 0.148. The smallest absolute Gasteiger partial charge is 0.206 e. The van der Waals surface area contributed by atoms with Gasteiger partial charge in [-0.15, -0.1) is 5.10 Å². The molecule has 0 bridgehead atoms. The first-order valence-electron chi connectivity index (χ1n) is 4.69. The lowest BCUT2D eigenvalue weighted by molar-refractivity contribution is 0.104. The van der Waals surface area contributed by atoms with E-state index in [-0.39, 0.29) is 11.6 Å². The summed E-state index contributed by atoms with van der Waals surface area (Å²) in [6, 6.07) is 4.12. The molecule has 0 spiro atoms. The summed E-state index contributed by atoms with van der Waals surface area (Å²) in [5.41, 5.74) is 1.73. The van der Waals surface area contributed by atoms with Crippen LogP contribution in [-0.4, -0.2) is 15.4 Å². The van der Waals surface area contributed by atoms with Gasteiger partial charge in [-0.25, -0.2) is 4.39 Å². The maximum Gasteiger partial charge on any atom is 0.206 e. The van der Waals surface area contributed by atoms with E-state index in [1.807, 2.05) is 0 Å². The Balaban J connectivity index is 2.46. The molecule has 0 aliphatic rings. The summed E-state index contributed by atoms with van der Waals surface area (Å²) in [7, 11) is 0. The average molecular weight is 236 g/mol. The van der Waals surface area contributed by atoms with Crippen molar-refractivity contribution in [2.45, 2.75) is 13.8 Å². The van der Waals surface area contributed by atoms with E-state index in [1.165, 1.54) is 18.2 Å². The van der Waals surface area contributed by atoms with Crippen LogP contribution in [0.1, 0.15) is 26.5 Å². The molecule has 0 amide bonds. The van der Waals surface area contributed by atoms with Crippen LogP contribution in [0.2, 0.25) is 0 Å². The first-order valence-corrected chi connectivity index (χ1v) is 5.46. The second-order valence-corrected chi connectivity index (χ2v) is 4.23. The number of aryl methyl sites for hydroxylation is 2. The normalized spacial score (nSPS) is 10.4. The van der Waals surface area contributed by atoms with Gasteiger partial charge < -0.3 is 0 Å². The molecule has 2 aromatic rings. The van der Waals surface area contributed by atoms with E-state index in [1.54, 1.807) is 13.8 Å². The highest BCUT2D eigenvalue weighted by Crippen LogP contribution is 2.19. The molecule has 5 heteroatoms. The molecule has 1 heterocycles. The van der Waals surface area contributed by atoms with Gasteiger partial charge in [0.05, 0.1) is 5.69 Å². The molecule has 0 N–H and O–H groups in total. The molecule has 0 saturated heterocycles. The highest BCUT2D eigenvalue weighted by atomic mass is 32.1. The fourth-order valence-corrected chi connectivity index (χ4v) is 2.05. The van der Waals surface area contributed by atoms with E-state index in [2.05, 4.69) is 9.59 Å². The fraction of sp³-hybridized carbons (Fsp3) is 0.182. The van der Waals surface area contributed by atoms with E-state index >= 15 is 0 Å². The SMILES string of the molecule is Cc1cc(F)ccc1C(=O)c1snnc1C. The molecule has 0 fully saturated rings. The van der Waals surface area contributed by atoms with Crippen LogP contribution in [0.15, 0.2) is 18.2 Å². The Labute approximate surface area is 96.1 Å². The predicted octanol–water partition coefficient (Wildman–Crippen LogP) is 2.53. The van der Waals surface area contributed by atoms with E-state index in [0.717, 1.165) is 11.5 Å². The molecular weight excluding hydrogens is 227 g/mol. The van der Waals surface area contributed by atoms with E-state index in [0.29, 0.717) is 21.7 Å². The van der Waals surface area contributed by atoms with Crippen molar-refractivity contribution in [3.63, 3.8) is 0 Å². The number of nitrogens with zero attached hydrogens (tertiary/aromatic N) is 2. The zero-order valence-corrected chi connectivity index (χ0v) is 9.64. The first kappa shape index (κ1) is 10.9. The molecular formula is C11H9FN2OS. The minimum atomic E-state index is -0.340. The molecule has 0 aliphatic carbocycles. The van der Waals surface area contributed by atoms with Crippen LogP contribution in [0.25, 0.3) is 0 Å². The van der Waals surface area contributed by atoms with Gasteiger partial charge in [-0.2, -0.15) is 0 Å². The molecule has 0 radical (unpaired) electrons. The third kappa shape index (κ3) is 1.86. The standard InChI is InChI=1S/C11H9FN2OS/c1-6-5-8(12)3-4-9(6)10(15)11-7(2)13-14-16-11/h3-5H,1-2H3. The Kier molecular flexibility index (Phi) is 2.78. The molecule has 0 aliphatic heterocycles. The van der Waals surface area contributed by atoms with Gasteiger partial charge in [-0.05, 0) is 49.1 Å². The number of aromatic nitrogens is 2. The number of rotatable bonds is 2. The summed E-state index contributed by atoms with van der Waals surface area (Å²) in [4.78, 5) is 12.6. The Morgan fingerprint density at radius 1 is 1.38 bits per heavy atom. The quantitative estimate of drug-likeness (QED) is 0.752. The topological polar surface area (TPSA) is 42.9 Å². The maximum absolute atomic E-state index is 12.9. The van der Waals surface area contributed by atoms with Gasteiger partial charge in [0.1, 0.15) is 10.7 Å². The Bertz CT molecular complexity index is 551. The summed E-state index contributed by atoms with van der Waals surface area (Å²) in [5.74, 6) is -0.488. The second-order valence-electron chi connectivity index (χ2n) is 3.48. The van der Waals surface area contributed by atoms with E-state index in [9.17, 15) is 9.18 Å². The van der Waals surface area contributed by atoms with Crippen LogP contribution < -0.4 is 0 Å². The summed E-state index contributed by atoms with van der Waals surface area (Å²) < 4.78 is 16.6. The highest BCUT2D eigenvalue weighted by molar-refractivity contribution is 7.08. The van der Waals surface area contributed by atoms with E-state index in [4.69, 9.17) is 0 Å². The van der Waals surface area contributed by atoms with Crippen LogP contribution in [0, 0.1) is 19.7 Å². The van der Waals surface area contributed by atoms with Crippen molar-refractivity contribution in [3.05, 3.63) is 45.7 Å².